The SMILES string of the molecule is CCNCCS(=O)(=O)Nc1cc(F)cc(Cl)c1. The van der Waals surface area contributed by atoms with E-state index in [4.69, 9.17) is 11.6 Å². The molecule has 0 aromatic heterocycles. The molecule has 0 bridgehead atoms. The van der Waals surface area contributed by atoms with Crippen molar-refractivity contribution in [3.63, 3.8) is 0 Å². The molecule has 7 heteroatoms. The maximum absolute atomic E-state index is 13.0. The van der Waals surface area contributed by atoms with Gasteiger partial charge in [-0.05, 0) is 24.7 Å². The summed E-state index contributed by atoms with van der Waals surface area (Å²) in [5.41, 5.74) is 0.131. The fourth-order valence-electron chi connectivity index (χ4n) is 1.23. The predicted molar refractivity (Wildman–Crippen MR) is 67.4 cm³/mol. The topological polar surface area (TPSA) is 58.2 Å². The fraction of sp³-hybridized carbons (Fsp3) is 0.400. The number of sulfonamides is 1. The van der Waals surface area contributed by atoms with Crippen LogP contribution in [-0.4, -0.2) is 27.3 Å². The summed E-state index contributed by atoms with van der Waals surface area (Å²) in [7, 11) is -3.48. The highest BCUT2D eigenvalue weighted by molar-refractivity contribution is 7.92. The highest BCUT2D eigenvalue weighted by atomic mass is 35.5. The van der Waals surface area contributed by atoms with Gasteiger partial charge in [-0.25, -0.2) is 12.8 Å². The van der Waals surface area contributed by atoms with Gasteiger partial charge in [-0.15, -0.1) is 0 Å². The van der Waals surface area contributed by atoms with Crippen molar-refractivity contribution < 1.29 is 12.8 Å². The van der Waals surface area contributed by atoms with E-state index in [1.54, 1.807) is 0 Å². The summed E-state index contributed by atoms with van der Waals surface area (Å²) in [5.74, 6) is -0.656. The van der Waals surface area contributed by atoms with E-state index < -0.39 is 15.8 Å². The summed E-state index contributed by atoms with van der Waals surface area (Å²) < 4.78 is 38.4. The van der Waals surface area contributed by atoms with Crippen molar-refractivity contribution >= 4 is 27.3 Å². The maximum atomic E-state index is 13.0. The number of benzene rings is 1. The van der Waals surface area contributed by atoms with E-state index >= 15 is 0 Å². The van der Waals surface area contributed by atoms with Gasteiger partial charge in [0.1, 0.15) is 5.82 Å². The first kappa shape index (κ1) is 14.2. The number of halogens is 2. The second kappa shape index (κ2) is 6.18. The molecule has 1 rings (SSSR count). The first-order valence-corrected chi connectivity index (χ1v) is 7.13. The van der Waals surface area contributed by atoms with Gasteiger partial charge in [0.05, 0.1) is 11.4 Å². The minimum atomic E-state index is -3.48. The van der Waals surface area contributed by atoms with Gasteiger partial charge in [0, 0.05) is 11.6 Å². The van der Waals surface area contributed by atoms with Crippen molar-refractivity contribution in [2.75, 3.05) is 23.6 Å². The predicted octanol–water partition coefficient (Wildman–Crippen LogP) is 1.83. The normalized spacial score (nSPS) is 11.5. The quantitative estimate of drug-likeness (QED) is 0.782. The number of hydrogen-bond acceptors (Lipinski definition) is 3. The van der Waals surface area contributed by atoms with E-state index in [9.17, 15) is 12.8 Å². The molecular formula is C10H14ClFN2O2S. The zero-order chi connectivity index (χ0) is 12.9. The standard InChI is InChI=1S/C10H14ClFN2O2S/c1-2-13-3-4-17(15,16)14-10-6-8(11)5-9(12)7-10/h5-7,13-14H,2-4H2,1H3. The lowest BCUT2D eigenvalue weighted by Gasteiger charge is -2.08. The highest BCUT2D eigenvalue weighted by Gasteiger charge is 2.10. The van der Waals surface area contributed by atoms with Crippen LogP contribution in [0.5, 0.6) is 0 Å². The molecule has 0 aliphatic heterocycles. The first-order chi connectivity index (χ1) is 7.93. The molecule has 0 heterocycles. The number of hydrogen-bond donors (Lipinski definition) is 2. The van der Waals surface area contributed by atoms with Crippen molar-refractivity contribution in [2.24, 2.45) is 0 Å². The molecule has 0 unspecified atom stereocenters. The Labute approximate surface area is 105 Å². The Morgan fingerprint density at radius 3 is 2.65 bits per heavy atom. The Balaban J connectivity index is 2.69. The van der Waals surface area contributed by atoms with E-state index in [1.807, 2.05) is 6.92 Å². The van der Waals surface area contributed by atoms with Gasteiger partial charge in [0.2, 0.25) is 10.0 Å². The third-order valence-corrected chi connectivity index (χ3v) is 3.44. The van der Waals surface area contributed by atoms with Crippen molar-refractivity contribution in [1.29, 1.82) is 0 Å². The lowest BCUT2D eigenvalue weighted by atomic mass is 10.3. The molecule has 0 radical (unpaired) electrons. The van der Waals surface area contributed by atoms with Crippen LogP contribution in [0.3, 0.4) is 0 Å². The van der Waals surface area contributed by atoms with Gasteiger partial charge in [0.25, 0.3) is 0 Å². The van der Waals surface area contributed by atoms with Crippen molar-refractivity contribution in [1.82, 2.24) is 5.32 Å². The molecule has 0 fully saturated rings. The van der Waals surface area contributed by atoms with Crippen LogP contribution >= 0.6 is 11.6 Å². The van der Waals surface area contributed by atoms with Crippen LogP contribution in [0.1, 0.15) is 6.92 Å². The van der Waals surface area contributed by atoms with Crippen molar-refractivity contribution in [3.05, 3.63) is 29.0 Å². The molecule has 96 valence electrons. The molecule has 0 saturated carbocycles. The molecule has 2 N–H and O–H groups in total. The zero-order valence-corrected chi connectivity index (χ0v) is 10.9. The maximum Gasteiger partial charge on any atom is 0.233 e. The van der Waals surface area contributed by atoms with Crippen LogP contribution in [0.2, 0.25) is 5.02 Å². The third-order valence-electron chi connectivity index (χ3n) is 1.93. The summed E-state index contributed by atoms with van der Waals surface area (Å²) >= 11 is 5.62. The molecule has 0 amide bonds. The van der Waals surface area contributed by atoms with Gasteiger partial charge in [-0.1, -0.05) is 18.5 Å². The average molecular weight is 281 g/mol. The monoisotopic (exact) mass is 280 g/mol. The van der Waals surface area contributed by atoms with Gasteiger partial charge in [0.15, 0.2) is 0 Å². The summed E-state index contributed by atoms with van der Waals surface area (Å²) in [6.45, 7) is 2.92. The van der Waals surface area contributed by atoms with E-state index in [2.05, 4.69) is 10.0 Å². The number of anilines is 1. The molecule has 0 spiro atoms. The molecule has 0 aliphatic rings. The molecule has 17 heavy (non-hydrogen) atoms. The van der Waals surface area contributed by atoms with Crippen molar-refractivity contribution in [3.8, 4) is 0 Å². The van der Waals surface area contributed by atoms with Crippen LogP contribution in [0.25, 0.3) is 0 Å². The van der Waals surface area contributed by atoms with Crippen LogP contribution in [0, 0.1) is 5.82 Å². The minimum absolute atomic E-state index is 0.0744. The summed E-state index contributed by atoms with van der Waals surface area (Å²) in [6, 6.07) is 3.55. The Morgan fingerprint density at radius 2 is 2.06 bits per heavy atom. The first-order valence-electron chi connectivity index (χ1n) is 5.10. The van der Waals surface area contributed by atoms with E-state index in [0.29, 0.717) is 13.1 Å². The van der Waals surface area contributed by atoms with Crippen LogP contribution in [0.15, 0.2) is 18.2 Å². The van der Waals surface area contributed by atoms with Gasteiger partial charge in [-0.3, -0.25) is 4.72 Å². The zero-order valence-electron chi connectivity index (χ0n) is 9.33. The van der Waals surface area contributed by atoms with E-state index in [-0.39, 0.29) is 16.5 Å². The second-order valence-electron chi connectivity index (χ2n) is 3.43. The summed E-state index contributed by atoms with van der Waals surface area (Å²) in [6.07, 6.45) is 0. The fourth-order valence-corrected chi connectivity index (χ4v) is 2.44. The lowest BCUT2D eigenvalue weighted by Crippen LogP contribution is -2.26. The lowest BCUT2D eigenvalue weighted by molar-refractivity contribution is 0.597. The van der Waals surface area contributed by atoms with E-state index in [0.717, 1.165) is 12.1 Å². The van der Waals surface area contributed by atoms with Gasteiger partial charge in [-0.2, -0.15) is 0 Å². The summed E-state index contributed by atoms with van der Waals surface area (Å²) in [4.78, 5) is 0. The Hall–Kier alpha value is -0.850. The van der Waals surface area contributed by atoms with Crippen LogP contribution < -0.4 is 10.0 Å². The Kier molecular flexibility index (Phi) is 5.17. The second-order valence-corrected chi connectivity index (χ2v) is 5.71. The van der Waals surface area contributed by atoms with Gasteiger partial charge >= 0.3 is 0 Å². The van der Waals surface area contributed by atoms with Gasteiger partial charge < -0.3 is 5.32 Å². The molecule has 0 aliphatic carbocycles. The molecular weight excluding hydrogens is 267 g/mol. The molecule has 4 nitrogen and oxygen atoms in total. The van der Waals surface area contributed by atoms with Crippen LogP contribution in [-0.2, 0) is 10.0 Å². The Morgan fingerprint density at radius 1 is 1.35 bits per heavy atom. The summed E-state index contributed by atoms with van der Waals surface area (Å²) in [5, 5.41) is 3.04. The van der Waals surface area contributed by atoms with Crippen molar-refractivity contribution in [2.45, 2.75) is 6.92 Å². The largest absolute Gasteiger partial charge is 0.316 e. The third kappa shape index (κ3) is 5.34. The molecule has 0 saturated heterocycles. The smallest absolute Gasteiger partial charge is 0.233 e. The number of nitrogens with one attached hydrogen (secondary N) is 2. The average Bonchev–Trinajstić information content (AvgIpc) is 2.14. The highest BCUT2D eigenvalue weighted by Crippen LogP contribution is 2.18. The van der Waals surface area contributed by atoms with E-state index in [1.165, 1.54) is 6.07 Å². The Bertz CT molecular complexity index is 459. The number of rotatable bonds is 6. The molecule has 1 aromatic rings. The van der Waals surface area contributed by atoms with Crippen LogP contribution in [0.4, 0.5) is 10.1 Å². The molecule has 0 atom stereocenters. The molecule has 1 aromatic carbocycles. The minimum Gasteiger partial charge on any atom is -0.316 e.